The minimum atomic E-state index is -0.270. The van der Waals surface area contributed by atoms with Crippen molar-refractivity contribution in [1.82, 2.24) is 5.32 Å². The van der Waals surface area contributed by atoms with E-state index >= 15 is 0 Å². The molecule has 0 atom stereocenters. The van der Waals surface area contributed by atoms with E-state index in [1.807, 2.05) is 30.3 Å². The fraction of sp³-hybridized carbons (Fsp3) is 0.176. The average molecular weight is 393 g/mol. The number of benzene rings is 2. The SMILES string of the molecule is CCCOc1cccc(NC(=S)NC(=O)c2ccccc2Br)c1. The first kappa shape index (κ1) is 17.4. The number of amides is 1. The van der Waals surface area contributed by atoms with Gasteiger partial charge in [-0.05, 0) is 58.8 Å². The maximum atomic E-state index is 12.2. The number of halogens is 1. The first-order valence-corrected chi connectivity index (χ1v) is 8.40. The number of rotatable bonds is 5. The third-order valence-electron chi connectivity index (χ3n) is 2.91. The van der Waals surface area contributed by atoms with Crippen molar-refractivity contribution in [3.63, 3.8) is 0 Å². The minimum absolute atomic E-state index is 0.235. The Morgan fingerprint density at radius 2 is 2.00 bits per heavy atom. The van der Waals surface area contributed by atoms with Crippen molar-refractivity contribution in [2.45, 2.75) is 13.3 Å². The van der Waals surface area contributed by atoms with Crippen molar-refractivity contribution in [1.29, 1.82) is 0 Å². The van der Waals surface area contributed by atoms with Gasteiger partial charge in [-0.15, -0.1) is 0 Å². The smallest absolute Gasteiger partial charge is 0.258 e. The summed E-state index contributed by atoms with van der Waals surface area (Å²) in [5.74, 6) is 0.491. The lowest BCUT2D eigenvalue weighted by Gasteiger charge is -2.11. The molecule has 0 aromatic heterocycles. The van der Waals surface area contributed by atoms with E-state index in [0.29, 0.717) is 12.2 Å². The maximum absolute atomic E-state index is 12.2. The highest BCUT2D eigenvalue weighted by Crippen LogP contribution is 2.18. The van der Waals surface area contributed by atoms with E-state index in [0.717, 1.165) is 22.3 Å². The zero-order valence-electron chi connectivity index (χ0n) is 12.6. The van der Waals surface area contributed by atoms with Gasteiger partial charge in [-0.25, -0.2) is 0 Å². The van der Waals surface area contributed by atoms with Crippen LogP contribution in [0.3, 0.4) is 0 Å². The number of hydrogen-bond donors (Lipinski definition) is 2. The number of thiocarbonyl (C=S) groups is 1. The molecule has 0 radical (unpaired) electrons. The molecule has 0 heterocycles. The molecule has 0 fully saturated rings. The predicted octanol–water partition coefficient (Wildman–Crippen LogP) is 4.36. The Labute approximate surface area is 149 Å². The maximum Gasteiger partial charge on any atom is 0.258 e. The summed E-state index contributed by atoms with van der Waals surface area (Å²) in [5, 5.41) is 5.88. The van der Waals surface area contributed by atoms with Gasteiger partial charge in [0.1, 0.15) is 5.75 Å². The van der Waals surface area contributed by atoms with E-state index in [1.165, 1.54) is 0 Å². The van der Waals surface area contributed by atoms with E-state index in [-0.39, 0.29) is 11.0 Å². The Balaban J connectivity index is 1.97. The van der Waals surface area contributed by atoms with E-state index in [1.54, 1.807) is 18.2 Å². The number of ether oxygens (including phenoxy) is 1. The average Bonchev–Trinajstić information content (AvgIpc) is 2.53. The zero-order chi connectivity index (χ0) is 16.7. The Bertz CT molecular complexity index is 706. The number of hydrogen-bond acceptors (Lipinski definition) is 3. The van der Waals surface area contributed by atoms with E-state index in [2.05, 4.69) is 33.5 Å². The molecular formula is C17H17BrN2O2S. The molecule has 0 aliphatic heterocycles. The van der Waals surface area contributed by atoms with Crippen LogP contribution in [0.15, 0.2) is 53.0 Å². The van der Waals surface area contributed by atoms with Crippen LogP contribution in [-0.2, 0) is 0 Å². The largest absolute Gasteiger partial charge is 0.494 e. The highest BCUT2D eigenvalue weighted by atomic mass is 79.9. The zero-order valence-corrected chi connectivity index (χ0v) is 15.0. The van der Waals surface area contributed by atoms with Crippen LogP contribution in [0.5, 0.6) is 5.75 Å². The predicted molar refractivity (Wildman–Crippen MR) is 100 cm³/mol. The lowest BCUT2D eigenvalue weighted by Crippen LogP contribution is -2.34. The van der Waals surface area contributed by atoms with Gasteiger partial charge in [0.2, 0.25) is 0 Å². The molecular weight excluding hydrogens is 376 g/mol. The molecule has 0 aliphatic rings. The third-order valence-corrected chi connectivity index (χ3v) is 3.81. The first-order chi connectivity index (χ1) is 11.1. The fourth-order valence-electron chi connectivity index (χ4n) is 1.86. The molecule has 2 aromatic carbocycles. The summed E-state index contributed by atoms with van der Waals surface area (Å²) in [7, 11) is 0. The lowest BCUT2D eigenvalue weighted by molar-refractivity contribution is 0.0977. The molecule has 23 heavy (non-hydrogen) atoms. The second kappa shape index (κ2) is 8.64. The van der Waals surface area contributed by atoms with Crippen LogP contribution in [0.4, 0.5) is 5.69 Å². The molecule has 0 unspecified atom stereocenters. The number of nitrogens with one attached hydrogen (secondary N) is 2. The Hall–Kier alpha value is -1.92. The van der Waals surface area contributed by atoms with Crippen LogP contribution in [0.1, 0.15) is 23.7 Å². The Morgan fingerprint density at radius 3 is 2.74 bits per heavy atom. The van der Waals surface area contributed by atoms with Crippen LogP contribution in [0.25, 0.3) is 0 Å². The van der Waals surface area contributed by atoms with Gasteiger partial charge in [0.05, 0.1) is 12.2 Å². The molecule has 4 nitrogen and oxygen atoms in total. The van der Waals surface area contributed by atoms with Gasteiger partial charge in [-0.2, -0.15) is 0 Å². The summed E-state index contributed by atoms with van der Waals surface area (Å²) in [5.41, 5.74) is 1.28. The van der Waals surface area contributed by atoms with Crippen molar-refractivity contribution in [2.75, 3.05) is 11.9 Å². The number of anilines is 1. The quantitative estimate of drug-likeness (QED) is 0.741. The summed E-state index contributed by atoms with van der Waals surface area (Å²) in [4.78, 5) is 12.2. The molecule has 6 heteroatoms. The van der Waals surface area contributed by atoms with Gasteiger partial charge >= 0.3 is 0 Å². The van der Waals surface area contributed by atoms with Crippen molar-refractivity contribution >= 4 is 44.9 Å². The molecule has 2 rings (SSSR count). The van der Waals surface area contributed by atoms with E-state index in [9.17, 15) is 4.79 Å². The van der Waals surface area contributed by atoms with Crippen LogP contribution < -0.4 is 15.4 Å². The van der Waals surface area contributed by atoms with Crippen LogP contribution in [0.2, 0.25) is 0 Å². The number of carbonyl (C=O) groups is 1. The second-order valence-corrected chi connectivity index (χ2v) is 6.03. The molecule has 1 amide bonds. The summed E-state index contributed by atoms with van der Waals surface area (Å²) < 4.78 is 6.28. The van der Waals surface area contributed by atoms with Gasteiger partial charge in [0.15, 0.2) is 5.11 Å². The molecule has 0 aliphatic carbocycles. The monoisotopic (exact) mass is 392 g/mol. The van der Waals surface area contributed by atoms with Gasteiger partial charge in [-0.1, -0.05) is 25.1 Å². The molecule has 2 N–H and O–H groups in total. The fourth-order valence-corrected chi connectivity index (χ4v) is 2.54. The highest BCUT2D eigenvalue weighted by Gasteiger charge is 2.11. The summed E-state index contributed by atoms with van der Waals surface area (Å²) in [6.45, 7) is 2.71. The van der Waals surface area contributed by atoms with Gasteiger partial charge in [0, 0.05) is 16.2 Å². The topological polar surface area (TPSA) is 50.4 Å². The van der Waals surface area contributed by atoms with Crippen molar-refractivity contribution < 1.29 is 9.53 Å². The Morgan fingerprint density at radius 1 is 1.22 bits per heavy atom. The van der Waals surface area contributed by atoms with E-state index in [4.69, 9.17) is 17.0 Å². The second-order valence-electron chi connectivity index (χ2n) is 4.76. The highest BCUT2D eigenvalue weighted by molar-refractivity contribution is 9.10. The summed E-state index contributed by atoms with van der Waals surface area (Å²) in [6, 6.07) is 14.6. The van der Waals surface area contributed by atoms with Crippen LogP contribution >= 0.6 is 28.1 Å². The Kier molecular flexibility index (Phi) is 6.55. The van der Waals surface area contributed by atoms with Crippen LogP contribution in [0, 0.1) is 0 Å². The first-order valence-electron chi connectivity index (χ1n) is 7.20. The number of carbonyl (C=O) groups excluding carboxylic acids is 1. The summed E-state index contributed by atoms with van der Waals surface area (Å²) in [6.07, 6.45) is 0.943. The molecule has 0 bridgehead atoms. The molecule has 120 valence electrons. The molecule has 0 saturated heterocycles. The van der Waals surface area contributed by atoms with E-state index < -0.39 is 0 Å². The minimum Gasteiger partial charge on any atom is -0.494 e. The van der Waals surface area contributed by atoms with Gasteiger partial charge in [-0.3, -0.25) is 10.1 Å². The van der Waals surface area contributed by atoms with Crippen LogP contribution in [-0.4, -0.2) is 17.6 Å². The normalized spacial score (nSPS) is 10.0. The third kappa shape index (κ3) is 5.33. The molecule has 2 aromatic rings. The van der Waals surface area contributed by atoms with Gasteiger partial charge in [0.25, 0.3) is 5.91 Å². The van der Waals surface area contributed by atoms with Crippen molar-refractivity contribution in [3.05, 3.63) is 58.6 Å². The molecule has 0 spiro atoms. The van der Waals surface area contributed by atoms with Crippen molar-refractivity contribution in [3.8, 4) is 5.75 Å². The van der Waals surface area contributed by atoms with Crippen molar-refractivity contribution in [2.24, 2.45) is 0 Å². The molecule has 0 saturated carbocycles. The summed E-state index contributed by atoms with van der Waals surface area (Å²) >= 11 is 8.53. The lowest BCUT2D eigenvalue weighted by atomic mass is 10.2. The van der Waals surface area contributed by atoms with Gasteiger partial charge < -0.3 is 10.1 Å². The standard InChI is InChI=1S/C17H17BrN2O2S/c1-2-10-22-13-7-5-6-12(11-13)19-17(23)20-16(21)14-8-3-4-9-15(14)18/h3-9,11H,2,10H2,1H3,(H2,19,20,21,23).